The minimum atomic E-state index is -2.08. The molecule has 0 bridgehead atoms. The molecule has 3 heterocycles. The summed E-state index contributed by atoms with van der Waals surface area (Å²) in [5, 5.41) is 89.6. The van der Waals surface area contributed by atoms with E-state index in [0.717, 1.165) is 20.8 Å². The van der Waals surface area contributed by atoms with Gasteiger partial charge in [-0.15, -0.1) is 0 Å². The number of nitrogens with one attached hydrogen (secondary N) is 3. The van der Waals surface area contributed by atoms with E-state index >= 15 is 0 Å². The molecule has 3 rings (SSSR count). The Labute approximate surface area is 232 Å². The van der Waals surface area contributed by atoms with Crippen molar-refractivity contribution >= 4 is 17.7 Å². The Morgan fingerprint density at radius 2 is 1.02 bits per heavy atom. The minimum absolute atomic E-state index is 0.640. The van der Waals surface area contributed by atoms with Crippen LogP contribution < -0.4 is 16.0 Å². The number of hydrogen-bond donors (Lipinski definition) is 11. The summed E-state index contributed by atoms with van der Waals surface area (Å²) in [6, 6.07) is -4.46. The van der Waals surface area contributed by atoms with E-state index in [-0.39, 0.29) is 0 Å². The Bertz CT molecular complexity index is 929. The van der Waals surface area contributed by atoms with Crippen molar-refractivity contribution in [3.05, 3.63) is 0 Å². The minimum Gasteiger partial charge on any atom is -0.394 e. The number of aliphatic hydroxyl groups is 8. The fraction of sp³-hybridized carbons (Fsp3) is 0.864. The molecule has 19 heteroatoms. The summed E-state index contributed by atoms with van der Waals surface area (Å²) in [5.74, 6) is -2.04. The zero-order chi connectivity index (χ0) is 30.8. The lowest BCUT2D eigenvalue weighted by Gasteiger charge is -2.48. The predicted octanol–water partition coefficient (Wildman–Crippen LogP) is -7.23. The number of carbonyl (C=O) groups is 3. The molecule has 3 fully saturated rings. The number of amides is 3. The van der Waals surface area contributed by atoms with Gasteiger partial charge < -0.3 is 80.5 Å². The Morgan fingerprint density at radius 1 is 0.585 bits per heavy atom. The van der Waals surface area contributed by atoms with Gasteiger partial charge in [-0.2, -0.15) is 0 Å². The standard InChI is InChI=1S/C22H37N3O16/c1-5(27)23-9-13(31)16(8(4-26)37-18(9)34)38-22-11(25-7(3)29)14(32)17(20(36)41-22)39-21-10(24-6(2)28)12(30)15(33)19(35)40-21/h8-22,26,30-36H,4H2,1-3H3,(H,23,27)(H,24,28)(H,25,29)/t8-,9-,10-,11-,12-,13-,14-,15+,16-,17+,18-,19+,20+,21-,22-/m1/s1. The van der Waals surface area contributed by atoms with E-state index in [1.807, 2.05) is 0 Å². The van der Waals surface area contributed by atoms with Crippen molar-refractivity contribution in [1.29, 1.82) is 0 Å². The van der Waals surface area contributed by atoms with Gasteiger partial charge in [0.15, 0.2) is 31.5 Å². The molecule has 0 aromatic rings. The maximum absolute atomic E-state index is 12.0. The molecule has 0 saturated carbocycles. The lowest BCUT2D eigenvalue weighted by Crippen LogP contribution is -2.70. The van der Waals surface area contributed by atoms with Crippen LogP contribution in [0.2, 0.25) is 0 Å². The molecule has 3 amide bonds. The number of aliphatic hydroxyl groups excluding tert-OH is 8. The highest BCUT2D eigenvalue weighted by Gasteiger charge is 2.54. The summed E-state index contributed by atoms with van der Waals surface area (Å²) >= 11 is 0. The van der Waals surface area contributed by atoms with E-state index in [1.165, 1.54) is 0 Å². The molecule has 3 saturated heterocycles. The van der Waals surface area contributed by atoms with Crippen molar-refractivity contribution in [2.24, 2.45) is 0 Å². The van der Waals surface area contributed by atoms with Gasteiger partial charge in [0.2, 0.25) is 17.7 Å². The van der Waals surface area contributed by atoms with Gasteiger partial charge in [-0.1, -0.05) is 0 Å². The van der Waals surface area contributed by atoms with Crippen LogP contribution in [0.25, 0.3) is 0 Å². The van der Waals surface area contributed by atoms with Crippen LogP contribution in [0.5, 0.6) is 0 Å². The maximum atomic E-state index is 12.0. The van der Waals surface area contributed by atoms with Gasteiger partial charge in [0, 0.05) is 20.8 Å². The van der Waals surface area contributed by atoms with Gasteiger partial charge in [-0.05, 0) is 0 Å². The largest absolute Gasteiger partial charge is 0.394 e. The van der Waals surface area contributed by atoms with Gasteiger partial charge in [-0.25, -0.2) is 0 Å². The normalized spacial score (nSPS) is 45.0. The fourth-order valence-electron chi connectivity index (χ4n) is 4.79. The first kappa shape index (κ1) is 33.4. The highest BCUT2D eigenvalue weighted by molar-refractivity contribution is 5.74. The van der Waals surface area contributed by atoms with Crippen LogP contribution in [0.1, 0.15) is 20.8 Å². The third-order valence-electron chi connectivity index (χ3n) is 6.69. The first-order valence-electron chi connectivity index (χ1n) is 12.6. The van der Waals surface area contributed by atoms with E-state index < -0.39 is 117 Å². The molecule has 3 aliphatic heterocycles. The summed E-state index contributed by atoms with van der Waals surface area (Å²) in [7, 11) is 0. The zero-order valence-corrected chi connectivity index (χ0v) is 22.2. The van der Waals surface area contributed by atoms with Gasteiger partial charge in [0.1, 0.15) is 60.9 Å². The second kappa shape index (κ2) is 13.9. The molecule has 0 aromatic carbocycles. The molecular formula is C22H37N3O16. The molecule has 15 atom stereocenters. The van der Waals surface area contributed by atoms with E-state index in [0.29, 0.717) is 0 Å². The quantitative estimate of drug-likeness (QED) is 0.123. The molecule has 0 radical (unpaired) electrons. The van der Waals surface area contributed by atoms with E-state index in [9.17, 15) is 55.2 Å². The van der Waals surface area contributed by atoms with Gasteiger partial charge in [-0.3, -0.25) is 14.4 Å². The monoisotopic (exact) mass is 599 g/mol. The molecule has 236 valence electrons. The second-order valence-electron chi connectivity index (χ2n) is 9.88. The van der Waals surface area contributed by atoms with Crippen LogP contribution in [0.4, 0.5) is 0 Å². The highest BCUT2D eigenvalue weighted by atomic mass is 16.8. The smallest absolute Gasteiger partial charge is 0.217 e. The van der Waals surface area contributed by atoms with Crippen molar-refractivity contribution in [2.75, 3.05) is 6.61 Å². The fourth-order valence-corrected chi connectivity index (χ4v) is 4.79. The van der Waals surface area contributed by atoms with Gasteiger partial charge >= 0.3 is 0 Å². The summed E-state index contributed by atoms with van der Waals surface area (Å²) in [6.07, 6.45) is -21.3. The number of ether oxygens (including phenoxy) is 5. The Kier molecular flexibility index (Phi) is 11.3. The number of hydrogen-bond acceptors (Lipinski definition) is 16. The van der Waals surface area contributed by atoms with Crippen LogP contribution in [-0.4, -0.2) is 157 Å². The summed E-state index contributed by atoms with van der Waals surface area (Å²) in [5.41, 5.74) is 0. The van der Waals surface area contributed by atoms with Crippen molar-refractivity contribution in [2.45, 2.75) is 113 Å². The summed E-state index contributed by atoms with van der Waals surface area (Å²) < 4.78 is 27.0. The number of rotatable bonds is 8. The second-order valence-corrected chi connectivity index (χ2v) is 9.88. The summed E-state index contributed by atoms with van der Waals surface area (Å²) in [4.78, 5) is 35.2. The SMILES string of the molecule is CC(=O)N[C@@H]1[C@@H](O)[C@H](O[C@@H]2O[C@H](O)[C@@H](O[C@@H]3O[C@H](O)[C@@H](O)[C@H](O)[C@H]3NC(C)=O)[C@H](O)[C@H]2NC(C)=O)[C@@H](CO)O[C@H]1O. The van der Waals surface area contributed by atoms with Crippen LogP contribution in [-0.2, 0) is 38.1 Å². The molecule has 41 heavy (non-hydrogen) atoms. The van der Waals surface area contributed by atoms with Crippen LogP contribution in [0.3, 0.4) is 0 Å². The van der Waals surface area contributed by atoms with Crippen molar-refractivity contribution < 1.29 is 78.9 Å². The summed E-state index contributed by atoms with van der Waals surface area (Å²) in [6.45, 7) is 2.48. The first-order valence-corrected chi connectivity index (χ1v) is 12.6. The average Bonchev–Trinajstić information content (AvgIpc) is 2.88. The molecule has 0 unspecified atom stereocenters. The highest BCUT2D eigenvalue weighted by Crippen LogP contribution is 2.31. The number of carbonyl (C=O) groups excluding carboxylic acids is 3. The van der Waals surface area contributed by atoms with Crippen LogP contribution in [0, 0.1) is 0 Å². The molecule has 19 nitrogen and oxygen atoms in total. The topological polar surface area (TPSA) is 295 Å². The molecular weight excluding hydrogens is 562 g/mol. The van der Waals surface area contributed by atoms with Crippen LogP contribution >= 0.6 is 0 Å². The maximum Gasteiger partial charge on any atom is 0.217 e. The first-order chi connectivity index (χ1) is 19.2. The third-order valence-corrected chi connectivity index (χ3v) is 6.69. The van der Waals surface area contributed by atoms with Crippen molar-refractivity contribution in [3.8, 4) is 0 Å². The van der Waals surface area contributed by atoms with Gasteiger partial charge in [0.05, 0.1) is 6.61 Å². The lowest BCUT2D eigenvalue weighted by molar-refractivity contribution is -0.385. The van der Waals surface area contributed by atoms with Gasteiger partial charge in [0.25, 0.3) is 0 Å². The molecule has 3 aliphatic rings. The Hall–Kier alpha value is -2.11. The average molecular weight is 600 g/mol. The van der Waals surface area contributed by atoms with Crippen molar-refractivity contribution in [1.82, 2.24) is 16.0 Å². The third kappa shape index (κ3) is 7.65. The van der Waals surface area contributed by atoms with Crippen molar-refractivity contribution in [3.63, 3.8) is 0 Å². The van der Waals surface area contributed by atoms with E-state index in [1.54, 1.807) is 0 Å². The van der Waals surface area contributed by atoms with Crippen LogP contribution in [0.15, 0.2) is 0 Å². The Balaban J connectivity index is 1.84. The molecule has 0 aliphatic carbocycles. The molecule has 0 aromatic heterocycles. The predicted molar refractivity (Wildman–Crippen MR) is 126 cm³/mol. The zero-order valence-electron chi connectivity index (χ0n) is 22.2. The van der Waals surface area contributed by atoms with E-state index in [2.05, 4.69) is 16.0 Å². The van der Waals surface area contributed by atoms with E-state index in [4.69, 9.17) is 23.7 Å². The molecule has 0 spiro atoms. The lowest BCUT2D eigenvalue weighted by atomic mass is 9.95. The Morgan fingerprint density at radius 3 is 1.54 bits per heavy atom. The molecule has 11 N–H and O–H groups in total.